The SMILES string of the molecule is CN/C(=N\OC)[C@@H]1c2c(cnn2C)[C@@H]2CN1C(=O)N2O. The highest BCUT2D eigenvalue weighted by Crippen LogP contribution is 2.42. The number of carbonyl (C=O) groups is 1. The van der Waals surface area contributed by atoms with Gasteiger partial charge in [0.2, 0.25) is 0 Å². The zero-order valence-corrected chi connectivity index (χ0v) is 11.4. The maximum atomic E-state index is 12.1. The Morgan fingerprint density at radius 2 is 2.40 bits per heavy atom. The molecule has 0 radical (unpaired) electrons. The number of oxime groups is 1. The number of urea groups is 1. The molecule has 0 aliphatic carbocycles. The molecule has 9 nitrogen and oxygen atoms in total. The first-order valence-electron chi connectivity index (χ1n) is 6.19. The lowest BCUT2D eigenvalue weighted by Crippen LogP contribution is -2.43. The van der Waals surface area contributed by atoms with Crippen molar-refractivity contribution in [1.82, 2.24) is 25.1 Å². The number of nitrogens with one attached hydrogen (secondary N) is 1. The molecular formula is C11H16N6O3. The summed E-state index contributed by atoms with van der Waals surface area (Å²) in [6, 6.07) is -1.29. The Morgan fingerprint density at radius 3 is 3.05 bits per heavy atom. The van der Waals surface area contributed by atoms with Crippen molar-refractivity contribution in [3.8, 4) is 0 Å². The van der Waals surface area contributed by atoms with Gasteiger partial charge in [-0.05, 0) is 0 Å². The summed E-state index contributed by atoms with van der Waals surface area (Å²) in [5, 5.41) is 21.8. The lowest BCUT2D eigenvalue weighted by atomic mass is 9.97. The van der Waals surface area contributed by atoms with Gasteiger partial charge in [-0.3, -0.25) is 9.89 Å². The van der Waals surface area contributed by atoms with Crippen LogP contribution in [0, 0.1) is 0 Å². The number of hydrogen-bond donors (Lipinski definition) is 2. The maximum absolute atomic E-state index is 12.1. The molecule has 1 aromatic heterocycles. The fraction of sp³-hybridized carbons (Fsp3) is 0.545. The van der Waals surface area contributed by atoms with Crippen LogP contribution in [0.1, 0.15) is 23.3 Å². The smallest absolute Gasteiger partial charge is 0.345 e. The number of aromatic nitrogens is 2. The third kappa shape index (κ3) is 1.49. The molecule has 3 heterocycles. The second-order valence-corrected chi connectivity index (χ2v) is 4.72. The van der Waals surface area contributed by atoms with Gasteiger partial charge < -0.3 is 15.1 Å². The van der Waals surface area contributed by atoms with E-state index in [2.05, 4.69) is 15.6 Å². The van der Waals surface area contributed by atoms with Crippen molar-refractivity contribution in [2.24, 2.45) is 12.2 Å². The largest absolute Gasteiger partial charge is 0.398 e. The Labute approximate surface area is 115 Å². The molecule has 2 bridgehead atoms. The number of hydrogen-bond acceptors (Lipinski definition) is 5. The molecule has 2 amide bonds. The van der Waals surface area contributed by atoms with E-state index in [1.165, 1.54) is 7.11 Å². The molecule has 2 N–H and O–H groups in total. The number of rotatable bonds is 2. The van der Waals surface area contributed by atoms with Gasteiger partial charge in [-0.25, -0.2) is 4.79 Å². The summed E-state index contributed by atoms with van der Waals surface area (Å²) < 4.78 is 1.69. The van der Waals surface area contributed by atoms with E-state index in [1.54, 1.807) is 29.9 Å². The zero-order chi connectivity index (χ0) is 14.4. The molecule has 0 saturated carbocycles. The lowest BCUT2D eigenvalue weighted by molar-refractivity contribution is -0.0586. The highest BCUT2D eigenvalue weighted by Gasteiger charge is 2.51. The van der Waals surface area contributed by atoms with Gasteiger partial charge in [-0.2, -0.15) is 10.2 Å². The van der Waals surface area contributed by atoms with Crippen LogP contribution in [0.3, 0.4) is 0 Å². The van der Waals surface area contributed by atoms with Crippen LogP contribution in [0.15, 0.2) is 11.4 Å². The first kappa shape index (κ1) is 12.7. The standard InChI is InChI=1S/C11H16N6O3/c1-12-10(14-20-3)9-8-6(4-13-15(8)2)7-5-16(9)11(18)17(7)19/h4,7,9,19H,5H2,1-3H3,(H,12,14)/t7-,9-/m0/s1. The topological polar surface area (TPSA) is 95.2 Å². The predicted molar refractivity (Wildman–Crippen MR) is 67.9 cm³/mol. The molecule has 108 valence electrons. The first-order chi connectivity index (χ1) is 9.60. The maximum Gasteiger partial charge on any atom is 0.345 e. The Hall–Kier alpha value is -2.29. The van der Waals surface area contributed by atoms with Gasteiger partial charge in [0.1, 0.15) is 19.2 Å². The number of amidine groups is 1. The van der Waals surface area contributed by atoms with Crippen LogP contribution in [0.25, 0.3) is 0 Å². The third-order valence-corrected chi connectivity index (χ3v) is 3.76. The summed E-state index contributed by atoms with van der Waals surface area (Å²) in [4.78, 5) is 18.5. The number of hydroxylamine groups is 2. The minimum Gasteiger partial charge on any atom is -0.398 e. The van der Waals surface area contributed by atoms with Gasteiger partial charge in [0.05, 0.1) is 18.4 Å². The Bertz CT molecular complexity index is 583. The first-order valence-corrected chi connectivity index (χ1v) is 6.19. The Balaban J connectivity index is 2.16. The molecule has 2 aliphatic rings. The van der Waals surface area contributed by atoms with Crippen LogP contribution in [0.5, 0.6) is 0 Å². The number of likely N-dealkylation sites (N-methyl/N-ethyl adjacent to an activating group) is 1. The van der Waals surface area contributed by atoms with E-state index in [0.29, 0.717) is 12.4 Å². The van der Waals surface area contributed by atoms with Crippen molar-refractivity contribution in [3.05, 3.63) is 17.5 Å². The second-order valence-electron chi connectivity index (χ2n) is 4.72. The summed E-state index contributed by atoms with van der Waals surface area (Å²) in [6.07, 6.45) is 1.67. The molecule has 1 aromatic rings. The monoisotopic (exact) mass is 280 g/mol. The van der Waals surface area contributed by atoms with Gasteiger partial charge in [0.15, 0.2) is 5.84 Å². The van der Waals surface area contributed by atoms with Gasteiger partial charge in [0, 0.05) is 19.7 Å². The molecule has 0 unspecified atom stereocenters. The van der Waals surface area contributed by atoms with Crippen LogP contribution in [-0.2, 0) is 11.9 Å². The highest BCUT2D eigenvalue weighted by atomic mass is 16.6. The van der Waals surface area contributed by atoms with E-state index in [0.717, 1.165) is 16.3 Å². The van der Waals surface area contributed by atoms with Crippen LogP contribution in [-0.4, -0.2) is 57.5 Å². The molecule has 20 heavy (non-hydrogen) atoms. The van der Waals surface area contributed by atoms with Crippen molar-refractivity contribution in [3.63, 3.8) is 0 Å². The minimum atomic E-state index is -0.455. The van der Waals surface area contributed by atoms with E-state index >= 15 is 0 Å². The van der Waals surface area contributed by atoms with E-state index in [1.807, 2.05) is 0 Å². The molecule has 1 fully saturated rings. The average Bonchev–Trinajstić information content (AvgIpc) is 2.94. The molecule has 2 atom stereocenters. The summed E-state index contributed by atoms with van der Waals surface area (Å²) in [7, 11) is 4.94. The molecule has 3 rings (SSSR count). The van der Waals surface area contributed by atoms with Crippen molar-refractivity contribution in [1.29, 1.82) is 0 Å². The fourth-order valence-corrected chi connectivity index (χ4v) is 2.86. The quantitative estimate of drug-likeness (QED) is 0.339. The van der Waals surface area contributed by atoms with Crippen LogP contribution >= 0.6 is 0 Å². The number of carbonyl (C=O) groups excluding carboxylic acids is 1. The Morgan fingerprint density at radius 1 is 1.65 bits per heavy atom. The van der Waals surface area contributed by atoms with E-state index in [9.17, 15) is 10.0 Å². The highest BCUT2D eigenvalue weighted by molar-refractivity contribution is 5.93. The number of fused-ring (bicyclic) bond motifs is 4. The summed E-state index contributed by atoms with van der Waals surface area (Å²) in [5.41, 5.74) is 1.64. The van der Waals surface area contributed by atoms with E-state index < -0.39 is 12.1 Å². The minimum absolute atomic E-state index is 0.386. The molecule has 1 saturated heterocycles. The van der Waals surface area contributed by atoms with Crippen molar-refractivity contribution < 1.29 is 14.8 Å². The van der Waals surface area contributed by atoms with E-state index in [-0.39, 0.29) is 6.04 Å². The van der Waals surface area contributed by atoms with Crippen molar-refractivity contribution in [2.45, 2.75) is 12.1 Å². The van der Waals surface area contributed by atoms with Gasteiger partial charge in [0.25, 0.3) is 0 Å². The average molecular weight is 280 g/mol. The van der Waals surface area contributed by atoms with Crippen molar-refractivity contribution in [2.75, 3.05) is 20.7 Å². The summed E-state index contributed by atoms with van der Waals surface area (Å²) in [6.45, 7) is 0.392. The van der Waals surface area contributed by atoms with Gasteiger partial charge >= 0.3 is 6.03 Å². The number of aryl methyl sites for hydroxylation is 1. The van der Waals surface area contributed by atoms with E-state index in [4.69, 9.17) is 4.84 Å². The summed E-state index contributed by atoms with van der Waals surface area (Å²) >= 11 is 0. The molecule has 2 aliphatic heterocycles. The Kier molecular flexibility index (Phi) is 2.78. The normalized spacial score (nSPS) is 25.0. The molecular weight excluding hydrogens is 264 g/mol. The third-order valence-electron chi connectivity index (χ3n) is 3.76. The van der Waals surface area contributed by atoms with Gasteiger partial charge in [-0.1, -0.05) is 5.16 Å². The van der Waals surface area contributed by atoms with Crippen LogP contribution in [0.4, 0.5) is 4.79 Å². The predicted octanol–water partition coefficient (Wildman–Crippen LogP) is -0.178. The number of nitrogens with zero attached hydrogens (tertiary/aromatic N) is 5. The molecule has 9 heteroatoms. The fourth-order valence-electron chi connectivity index (χ4n) is 2.86. The van der Waals surface area contributed by atoms with Crippen LogP contribution < -0.4 is 5.32 Å². The number of amides is 2. The lowest BCUT2D eigenvalue weighted by Gasteiger charge is -2.31. The van der Waals surface area contributed by atoms with Gasteiger partial charge in [-0.15, -0.1) is 0 Å². The molecule has 0 aromatic carbocycles. The van der Waals surface area contributed by atoms with Crippen LogP contribution in [0.2, 0.25) is 0 Å². The molecule has 0 spiro atoms. The van der Waals surface area contributed by atoms with Crippen molar-refractivity contribution >= 4 is 11.9 Å². The second kappa shape index (κ2) is 4.37. The summed E-state index contributed by atoms with van der Waals surface area (Å²) in [5.74, 6) is 0.486. The zero-order valence-electron chi connectivity index (χ0n) is 11.4.